The summed E-state index contributed by atoms with van der Waals surface area (Å²) in [6, 6.07) is 12.0. The second-order valence-corrected chi connectivity index (χ2v) is 15.6. The molecule has 16 heteroatoms. The van der Waals surface area contributed by atoms with Gasteiger partial charge >= 0.3 is 6.09 Å². The number of amides is 1. The number of alkyl halides is 1. The minimum absolute atomic E-state index is 0.206. The van der Waals surface area contributed by atoms with E-state index in [0.717, 1.165) is 94.7 Å². The van der Waals surface area contributed by atoms with Gasteiger partial charge in [-0.1, -0.05) is 0 Å². The second-order valence-electron chi connectivity index (χ2n) is 15.6. The molecule has 1 amide bonds. The number of rotatable bonds is 15. The monoisotopic (exact) mass is 824 g/mol. The van der Waals surface area contributed by atoms with Crippen LogP contribution in [-0.4, -0.2) is 101 Å². The summed E-state index contributed by atoms with van der Waals surface area (Å²) in [6.07, 6.45) is 19.9. The van der Waals surface area contributed by atoms with Crippen LogP contribution in [0.3, 0.4) is 0 Å². The average Bonchev–Trinajstić information content (AvgIpc) is 4.01. The van der Waals surface area contributed by atoms with Gasteiger partial charge in [-0.25, -0.2) is 19.7 Å². The predicted molar refractivity (Wildman–Crippen MR) is 229 cm³/mol. The van der Waals surface area contributed by atoms with E-state index in [0.29, 0.717) is 42.8 Å². The lowest BCUT2D eigenvalue weighted by Gasteiger charge is -2.28. The Morgan fingerprint density at radius 3 is 1.75 bits per heavy atom. The van der Waals surface area contributed by atoms with E-state index in [1.807, 2.05) is 36.6 Å². The van der Waals surface area contributed by atoms with Crippen LogP contribution in [0.1, 0.15) is 99.2 Å². The van der Waals surface area contributed by atoms with Gasteiger partial charge in [0.05, 0.1) is 28.3 Å². The van der Waals surface area contributed by atoms with Crippen LogP contribution in [0, 0.1) is 11.5 Å². The third kappa shape index (κ3) is 19.3. The zero-order valence-electron chi connectivity index (χ0n) is 36.2. The predicted octanol–water partition coefficient (Wildman–Crippen LogP) is 7.15. The Kier molecular flexibility index (Phi) is 21.0. The third-order valence-electron chi connectivity index (χ3n) is 9.80. The van der Waals surface area contributed by atoms with Crippen molar-refractivity contribution in [3.05, 3.63) is 55.0 Å². The zero-order valence-corrected chi connectivity index (χ0v) is 35.2. The van der Waals surface area contributed by atoms with Crippen LogP contribution in [0.25, 0.3) is 0 Å². The van der Waals surface area contributed by atoms with E-state index < -0.39 is 12.8 Å². The molecule has 7 N–H and O–H groups in total. The van der Waals surface area contributed by atoms with Crippen molar-refractivity contribution >= 4 is 23.5 Å². The van der Waals surface area contributed by atoms with Crippen LogP contribution in [0.5, 0.6) is 17.2 Å². The SMILES string of the molecule is CC(C)(C)OC(=O)N1CCCC1CCCOc1ccnc(N)c1.N#CN1CCCC1CCCOc1ccnc(N)c1.Nc1cc(OCCCC2CCCN2)ccn1.[2H]CF. The summed E-state index contributed by atoms with van der Waals surface area (Å²) in [5.74, 6) is 3.73. The van der Waals surface area contributed by atoms with Crippen LogP contribution < -0.4 is 36.7 Å². The van der Waals surface area contributed by atoms with Crippen LogP contribution in [-0.2, 0) is 4.74 Å². The molecule has 0 radical (unpaired) electrons. The van der Waals surface area contributed by atoms with Gasteiger partial charge in [-0.05, 0) is 123 Å². The Labute approximate surface area is 351 Å². The normalized spacial score (nSPS) is 18.4. The second kappa shape index (κ2) is 26.7. The number of anilines is 3. The number of pyridine rings is 3. The first-order valence-corrected chi connectivity index (χ1v) is 20.7. The van der Waals surface area contributed by atoms with Crippen molar-refractivity contribution in [1.29, 1.82) is 5.26 Å². The highest BCUT2D eigenvalue weighted by Gasteiger charge is 2.31. The highest BCUT2D eigenvalue weighted by atomic mass is 19.1. The smallest absolute Gasteiger partial charge is 0.410 e. The molecule has 0 aromatic carbocycles. The molecular formula is C43H67FN10O5. The first-order valence-electron chi connectivity index (χ1n) is 21.4. The van der Waals surface area contributed by atoms with Crippen molar-refractivity contribution < 1.29 is 29.5 Å². The number of nitrogen functional groups attached to an aromatic ring is 3. The molecule has 3 atom stereocenters. The number of likely N-dealkylation sites (tertiary alicyclic amines) is 2. The topological polar surface area (TPSA) is 213 Å². The quantitative estimate of drug-likeness (QED) is 0.0886. The molecule has 3 aliphatic rings. The number of nitrogens with two attached hydrogens (primary N) is 3. The number of nitrogens with zero attached hydrogens (tertiary/aromatic N) is 6. The first-order chi connectivity index (χ1) is 28.9. The van der Waals surface area contributed by atoms with Crippen LogP contribution >= 0.6 is 0 Å². The van der Waals surface area contributed by atoms with E-state index >= 15 is 0 Å². The highest BCUT2D eigenvalue weighted by molar-refractivity contribution is 5.68. The molecule has 15 nitrogen and oxygen atoms in total. The first kappa shape index (κ1) is 46.4. The maximum absolute atomic E-state index is 12.2. The number of ether oxygens (including phenoxy) is 4. The average molecular weight is 824 g/mol. The minimum atomic E-state index is -1.00. The van der Waals surface area contributed by atoms with E-state index in [1.165, 1.54) is 25.8 Å². The maximum Gasteiger partial charge on any atom is 0.410 e. The van der Waals surface area contributed by atoms with Gasteiger partial charge in [0.25, 0.3) is 0 Å². The molecule has 3 aliphatic heterocycles. The highest BCUT2D eigenvalue weighted by Crippen LogP contribution is 2.25. The number of carbonyl (C=O) groups excluding carboxylic acids is 1. The molecule has 6 heterocycles. The molecular weight excluding hydrogens is 756 g/mol. The third-order valence-corrected chi connectivity index (χ3v) is 9.80. The summed E-state index contributed by atoms with van der Waals surface area (Å²) in [7, 11) is -1.00. The van der Waals surface area contributed by atoms with Gasteiger partial charge in [-0.15, -0.1) is 0 Å². The van der Waals surface area contributed by atoms with Crippen molar-refractivity contribution in [3.8, 4) is 23.4 Å². The largest absolute Gasteiger partial charge is 0.493 e. The molecule has 0 bridgehead atoms. The number of aromatic nitrogens is 3. The molecule has 3 fully saturated rings. The van der Waals surface area contributed by atoms with Crippen molar-refractivity contribution in [2.24, 2.45) is 0 Å². The van der Waals surface area contributed by atoms with Crippen LogP contribution in [0.4, 0.5) is 26.6 Å². The standard InChI is InChI=1S/C17H27N3O3.C13H18N4O.C12H19N3O.CH3F/c1-17(2,3)23-16(21)20-10-4-6-13(20)7-5-11-22-14-8-9-19-15(18)12-14;14-10-17-7-1-3-11(17)4-2-8-18-12-5-6-16-13(15)9-12;13-12-9-11(5-7-15-12)16-8-2-4-10-3-1-6-14-10;1-2/h8-9,12-13H,4-7,10-11H2,1-3H3,(H2,18,19);5-6,9,11H,1-4,7-8H2,(H2,15,16);5,7,9-10,14H,1-4,6,8H2,(H2,13,15);1H3/i;;;1D. The summed E-state index contributed by atoms with van der Waals surface area (Å²) >= 11 is 0. The maximum atomic E-state index is 12.2. The Bertz CT molecular complexity index is 1690. The molecule has 0 saturated carbocycles. The van der Waals surface area contributed by atoms with Crippen molar-refractivity contribution in [2.75, 3.05) is 63.8 Å². The van der Waals surface area contributed by atoms with Gasteiger partial charge in [0, 0.05) is 68.0 Å². The van der Waals surface area contributed by atoms with E-state index in [2.05, 4.69) is 26.5 Å². The lowest BCUT2D eigenvalue weighted by Crippen LogP contribution is -2.39. The summed E-state index contributed by atoms with van der Waals surface area (Å²) in [4.78, 5) is 27.7. The number of carbonyl (C=O) groups is 1. The summed E-state index contributed by atoms with van der Waals surface area (Å²) in [5.41, 5.74) is 16.3. The molecule has 59 heavy (non-hydrogen) atoms. The van der Waals surface area contributed by atoms with Crippen molar-refractivity contribution in [1.82, 2.24) is 30.1 Å². The van der Waals surface area contributed by atoms with Crippen LogP contribution in [0.15, 0.2) is 55.0 Å². The number of hydrogen-bond acceptors (Lipinski definition) is 14. The molecule has 3 unspecified atom stereocenters. The van der Waals surface area contributed by atoms with Gasteiger partial charge < -0.3 is 51.3 Å². The fraction of sp³-hybridized carbons (Fsp3) is 0.605. The molecule has 3 saturated heterocycles. The molecule has 3 aromatic rings. The Hall–Kier alpha value is -5.30. The Morgan fingerprint density at radius 2 is 1.29 bits per heavy atom. The number of halogens is 1. The summed E-state index contributed by atoms with van der Waals surface area (Å²) in [6.45, 7) is 10.5. The number of nitriles is 1. The fourth-order valence-electron chi connectivity index (χ4n) is 7.06. The Balaban J connectivity index is 0.000000236. The zero-order chi connectivity index (χ0) is 43.6. The molecule has 0 spiro atoms. The Morgan fingerprint density at radius 1 is 0.814 bits per heavy atom. The van der Waals surface area contributed by atoms with E-state index in [4.69, 9.17) is 42.8 Å². The van der Waals surface area contributed by atoms with Gasteiger partial charge in [-0.3, -0.25) is 4.39 Å². The summed E-state index contributed by atoms with van der Waals surface area (Å²) in [5, 5.41) is 12.4. The minimum Gasteiger partial charge on any atom is -0.493 e. The molecule has 326 valence electrons. The van der Waals surface area contributed by atoms with Crippen molar-refractivity contribution in [2.45, 2.75) is 122 Å². The van der Waals surface area contributed by atoms with Gasteiger partial charge in [0.1, 0.15) is 40.3 Å². The van der Waals surface area contributed by atoms with Crippen molar-refractivity contribution in [3.63, 3.8) is 0 Å². The molecule has 3 aromatic heterocycles. The van der Waals surface area contributed by atoms with Gasteiger partial charge in [0.2, 0.25) is 0 Å². The fourth-order valence-corrected chi connectivity index (χ4v) is 7.06. The lowest BCUT2D eigenvalue weighted by molar-refractivity contribution is 0.0216. The van der Waals surface area contributed by atoms with E-state index in [9.17, 15) is 9.18 Å². The number of nitrogens with one attached hydrogen (secondary N) is 1. The van der Waals surface area contributed by atoms with Gasteiger partial charge in [0.15, 0.2) is 6.19 Å². The summed E-state index contributed by atoms with van der Waals surface area (Å²) < 4.78 is 37.8. The lowest BCUT2D eigenvalue weighted by atomic mass is 10.1. The van der Waals surface area contributed by atoms with E-state index in [1.54, 1.807) is 48.9 Å². The molecule has 6 rings (SSSR count). The molecule has 0 aliphatic carbocycles. The van der Waals surface area contributed by atoms with E-state index in [-0.39, 0.29) is 12.1 Å². The van der Waals surface area contributed by atoms with Gasteiger partial charge in [-0.2, -0.15) is 5.26 Å². The number of hydrogen-bond donors (Lipinski definition) is 4. The van der Waals surface area contributed by atoms with Crippen LogP contribution in [0.2, 0.25) is 0 Å².